The highest BCUT2D eigenvalue weighted by Gasteiger charge is 2.21. The minimum Gasteiger partial charge on any atom is -0.450 e. The van der Waals surface area contributed by atoms with Gasteiger partial charge in [-0.25, -0.2) is 4.79 Å². The highest BCUT2D eigenvalue weighted by molar-refractivity contribution is 5.67. The number of hydrogen-bond acceptors (Lipinski definition) is 3. The summed E-state index contributed by atoms with van der Waals surface area (Å²) >= 11 is 0. The van der Waals surface area contributed by atoms with Gasteiger partial charge in [-0.15, -0.1) is 0 Å². The number of benzene rings is 1. The van der Waals surface area contributed by atoms with Crippen molar-refractivity contribution in [2.75, 3.05) is 25.0 Å². The van der Waals surface area contributed by atoms with Crippen LogP contribution in [-0.2, 0) is 4.74 Å². The van der Waals surface area contributed by atoms with Gasteiger partial charge in [0.15, 0.2) is 0 Å². The van der Waals surface area contributed by atoms with Crippen LogP contribution in [0.3, 0.4) is 0 Å². The van der Waals surface area contributed by atoms with E-state index in [9.17, 15) is 4.79 Å². The van der Waals surface area contributed by atoms with Crippen molar-refractivity contribution < 1.29 is 9.53 Å². The Labute approximate surface area is 114 Å². The number of nitrogens with one attached hydrogen (secondary N) is 2. The van der Waals surface area contributed by atoms with E-state index in [0.717, 1.165) is 25.8 Å². The molecule has 4 heteroatoms. The van der Waals surface area contributed by atoms with Crippen molar-refractivity contribution in [3.8, 4) is 0 Å². The van der Waals surface area contributed by atoms with E-state index in [1.54, 1.807) is 0 Å². The quantitative estimate of drug-likeness (QED) is 0.774. The van der Waals surface area contributed by atoms with E-state index in [4.69, 9.17) is 4.74 Å². The largest absolute Gasteiger partial charge is 0.450 e. The van der Waals surface area contributed by atoms with Gasteiger partial charge < -0.3 is 15.4 Å². The highest BCUT2D eigenvalue weighted by atomic mass is 16.5. The number of alkyl carbamates (subject to hydrolysis) is 1. The summed E-state index contributed by atoms with van der Waals surface area (Å²) in [7, 11) is 0. The van der Waals surface area contributed by atoms with Crippen molar-refractivity contribution in [2.24, 2.45) is 0 Å². The fourth-order valence-electron chi connectivity index (χ4n) is 2.32. The molecule has 19 heavy (non-hydrogen) atoms. The normalized spacial score (nSPS) is 16.6. The molecule has 0 bridgehead atoms. The summed E-state index contributed by atoms with van der Waals surface area (Å²) in [6.07, 6.45) is 2.60. The molecular formula is C15H22N2O2. The van der Waals surface area contributed by atoms with Crippen LogP contribution in [0.5, 0.6) is 0 Å². The Balaban J connectivity index is 1.68. The number of anilines is 1. The molecule has 104 valence electrons. The number of rotatable bonds is 6. The molecule has 0 spiro atoms. The van der Waals surface area contributed by atoms with Crippen molar-refractivity contribution in [1.29, 1.82) is 0 Å². The summed E-state index contributed by atoms with van der Waals surface area (Å²) in [5.41, 5.74) is 2.57. The van der Waals surface area contributed by atoms with E-state index in [0.29, 0.717) is 19.1 Å². The Hall–Kier alpha value is -1.71. The fraction of sp³-hybridized carbons (Fsp3) is 0.533. The number of carbonyl (C=O) groups excluding carboxylic acids is 1. The number of unbranched alkanes of at least 4 members (excludes halogenated alkanes) is 1. The molecule has 2 rings (SSSR count). The van der Waals surface area contributed by atoms with E-state index in [2.05, 4.69) is 35.8 Å². The topological polar surface area (TPSA) is 50.4 Å². The number of carbonyl (C=O) groups is 1. The zero-order valence-electron chi connectivity index (χ0n) is 11.4. The first-order valence-electron chi connectivity index (χ1n) is 7.04. The Kier molecular flexibility index (Phi) is 5.07. The zero-order chi connectivity index (χ0) is 13.5. The van der Waals surface area contributed by atoms with Crippen LogP contribution >= 0.6 is 0 Å². The van der Waals surface area contributed by atoms with Gasteiger partial charge in [-0.2, -0.15) is 0 Å². The van der Waals surface area contributed by atoms with Gasteiger partial charge in [0, 0.05) is 24.7 Å². The van der Waals surface area contributed by atoms with Gasteiger partial charge >= 0.3 is 6.09 Å². The summed E-state index contributed by atoms with van der Waals surface area (Å²) in [6, 6.07) is 8.35. The molecule has 1 aliphatic rings. The maximum absolute atomic E-state index is 11.4. The summed E-state index contributed by atoms with van der Waals surface area (Å²) in [4.78, 5) is 11.4. The first-order chi connectivity index (χ1) is 9.31. The van der Waals surface area contributed by atoms with E-state index in [1.807, 2.05) is 6.07 Å². The second-order valence-electron chi connectivity index (χ2n) is 4.87. The summed E-state index contributed by atoms with van der Waals surface area (Å²) in [5, 5.41) is 6.20. The van der Waals surface area contributed by atoms with Gasteiger partial charge in [-0.05, 0) is 24.5 Å². The third-order valence-electron chi connectivity index (χ3n) is 3.43. The second kappa shape index (κ2) is 7.02. The number of fused-ring (bicyclic) bond motifs is 1. The SMILES string of the molecule is CCCCOC(=O)NCCC1CNc2ccccc21. The number of ether oxygens (including phenoxy) is 1. The molecule has 0 saturated heterocycles. The Morgan fingerprint density at radius 3 is 3.16 bits per heavy atom. The molecule has 1 aromatic rings. The highest BCUT2D eigenvalue weighted by Crippen LogP contribution is 2.32. The van der Waals surface area contributed by atoms with Crippen molar-refractivity contribution >= 4 is 11.8 Å². The van der Waals surface area contributed by atoms with Crippen molar-refractivity contribution in [3.05, 3.63) is 29.8 Å². The summed E-state index contributed by atoms with van der Waals surface area (Å²) in [6.45, 7) is 4.19. The molecule has 1 aromatic carbocycles. The second-order valence-corrected chi connectivity index (χ2v) is 4.87. The van der Waals surface area contributed by atoms with Gasteiger partial charge in [-0.3, -0.25) is 0 Å². The number of hydrogen-bond donors (Lipinski definition) is 2. The lowest BCUT2D eigenvalue weighted by Gasteiger charge is -2.11. The molecule has 1 unspecified atom stereocenters. The van der Waals surface area contributed by atoms with Gasteiger partial charge in [-0.1, -0.05) is 31.5 Å². The zero-order valence-corrected chi connectivity index (χ0v) is 11.4. The maximum atomic E-state index is 11.4. The Morgan fingerprint density at radius 1 is 1.47 bits per heavy atom. The number of amides is 1. The van der Waals surface area contributed by atoms with Crippen LogP contribution in [0, 0.1) is 0 Å². The lowest BCUT2D eigenvalue weighted by molar-refractivity contribution is 0.144. The van der Waals surface area contributed by atoms with Crippen LogP contribution in [0.2, 0.25) is 0 Å². The molecule has 4 nitrogen and oxygen atoms in total. The smallest absolute Gasteiger partial charge is 0.407 e. The van der Waals surface area contributed by atoms with Gasteiger partial charge in [0.25, 0.3) is 0 Å². The average molecular weight is 262 g/mol. The first kappa shape index (κ1) is 13.7. The van der Waals surface area contributed by atoms with E-state index >= 15 is 0 Å². The van der Waals surface area contributed by atoms with Crippen molar-refractivity contribution in [2.45, 2.75) is 32.1 Å². The van der Waals surface area contributed by atoms with Crippen LogP contribution in [0.4, 0.5) is 10.5 Å². The van der Waals surface area contributed by atoms with Crippen molar-refractivity contribution in [3.63, 3.8) is 0 Å². The third kappa shape index (κ3) is 3.88. The van der Waals surface area contributed by atoms with Gasteiger partial charge in [0.05, 0.1) is 6.61 Å². The van der Waals surface area contributed by atoms with Gasteiger partial charge in [0.1, 0.15) is 0 Å². The monoisotopic (exact) mass is 262 g/mol. The molecule has 2 N–H and O–H groups in total. The van der Waals surface area contributed by atoms with E-state index in [1.165, 1.54) is 11.3 Å². The molecule has 0 fully saturated rings. The van der Waals surface area contributed by atoms with Gasteiger partial charge in [0.2, 0.25) is 0 Å². The van der Waals surface area contributed by atoms with Crippen LogP contribution < -0.4 is 10.6 Å². The molecule has 1 amide bonds. The summed E-state index contributed by atoms with van der Waals surface area (Å²) < 4.78 is 5.05. The molecular weight excluding hydrogens is 240 g/mol. The minimum atomic E-state index is -0.298. The third-order valence-corrected chi connectivity index (χ3v) is 3.43. The predicted molar refractivity (Wildman–Crippen MR) is 76.5 cm³/mol. The Morgan fingerprint density at radius 2 is 2.32 bits per heavy atom. The van der Waals surface area contributed by atoms with E-state index < -0.39 is 0 Å². The molecule has 0 radical (unpaired) electrons. The standard InChI is InChI=1S/C15H22N2O2/c1-2-3-10-19-15(18)16-9-8-12-11-17-14-7-5-4-6-13(12)14/h4-7,12,17H,2-3,8-11H2,1H3,(H,16,18). The average Bonchev–Trinajstić information content (AvgIpc) is 2.83. The van der Waals surface area contributed by atoms with Crippen LogP contribution in [0.1, 0.15) is 37.7 Å². The van der Waals surface area contributed by atoms with Crippen LogP contribution in [0.15, 0.2) is 24.3 Å². The van der Waals surface area contributed by atoms with Crippen LogP contribution in [-0.4, -0.2) is 25.8 Å². The molecule has 0 aliphatic carbocycles. The van der Waals surface area contributed by atoms with Crippen LogP contribution in [0.25, 0.3) is 0 Å². The maximum Gasteiger partial charge on any atom is 0.407 e. The molecule has 1 heterocycles. The van der Waals surface area contributed by atoms with E-state index in [-0.39, 0.29) is 6.09 Å². The lowest BCUT2D eigenvalue weighted by Crippen LogP contribution is -2.27. The lowest BCUT2D eigenvalue weighted by atomic mass is 9.98. The number of para-hydroxylation sites is 1. The fourth-order valence-corrected chi connectivity index (χ4v) is 2.32. The minimum absolute atomic E-state index is 0.298. The Bertz CT molecular complexity index is 420. The predicted octanol–water partition coefficient (Wildman–Crippen LogP) is 3.11. The molecule has 1 atom stereocenters. The summed E-state index contributed by atoms with van der Waals surface area (Å²) in [5.74, 6) is 0.479. The molecule has 0 saturated carbocycles. The molecule has 0 aromatic heterocycles. The van der Waals surface area contributed by atoms with Crippen molar-refractivity contribution in [1.82, 2.24) is 5.32 Å². The first-order valence-corrected chi connectivity index (χ1v) is 7.04. The molecule has 1 aliphatic heterocycles.